The highest BCUT2D eigenvalue weighted by Crippen LogP contribution is 2.15. The SMILES string of the molecule is CCCC(C#N)CCCCCOC(=O)c1ccc(Cl)cc1. The summed E-state index contributed by atoms with van der Waals surface area (Å²) in [5, 5.41) is 9.55. The zero-order valence-electron chi connectivity index (χ0n) is 12.5. The van der Waals surface area contributed by atoms with Crippen molar-refractivity contribution in [2.45, 2.75) is 45.4 Å². The number of carbonyl (C=O) groups is 1. The number of halogens is 1. The first kappa shape index (κ1) is 17.5. The van der Waals surface area contributed by atoms with Gasteiger partial charge in [-0.25, -0.2) is 4.79 Å². The van der Waals surface area contributed by atoms with Crippen molar-refractivity contribution in [1.82, 2.24) is 0 Å². The van der Waals surface area contributed by atoms with E-state index >= 15 is 0 Å². The van der Waals surface area contributed by atoms with Crippen molar-refractivity contribution in [3.05, 3.63) is 34.9 Å². The number of carbonyl (C=O) groups excluding carboxylic acids is 1. The topological polar surface area (TPSA) is 50.1 Å². The quantitative estimate of drug-likeness (QED) is 0.476. The summed E-state index contributed by atoms with van der Waals surface area (Å²) in [7, 11) is 0. The van der Waals surface area contributed by atoms with Gasteiger partial charge in [0.2, 0.25) is 0 Å². The largest absolute Gasteiger partial charge is 0.462 e. The highest BCUT2D eigenvalue weighted by atomic mass is 35.5. The van der Waals surface area contributed by atoms with E-state index in [0.29, 0.717) is 17.2 Å². The molecule has 0 radical (unpaired) electrons. The van der Waals surface area contributed by atoms with Crippen LogP contribution >= 0.6 is 11.6 Å². The molecule has 0 saturated heterocycles. The Kier molecular flexibility index (Phi) is 8.54. The highest BCUT2D eigenvalue weighted by molar-refractivity contribution is 6.30. The second-order valence-corrected chi connectivity index (χ2v) is 5.54. The van der Waals surface area contributed by atoms with Crippen LogP contribution in [0.1, 0.15) is 55.8 Å². The molecule has 1 aromatic rings. The van der Waals surface area contributed by atoms with Crippen LogP contribution in [-0.2, 0) is 4.74 Å². The number of esters is 1. The van der Waals surface area contributed by atoms with E-state index in [9.17, 15) is 4.79 Å². The van der Waals surface area contributed by atoms with E-state index in [0.717, 1.165) is 38.5 Å². The molecule has 0 bridgehead atoms. The molecule has 0 spiro atoms. The molecule has 1 rings (SSSR count). The number of ether oxygens (including phenoxy) is 1. The van der Waals surface area contributed by atoms with Crippen molar-refractivity contribution in [2.75, 3.05) is 6.61 Å². The Bertz CT molecular complexity index is 465. The molecule has 3 nitrogen and oxygen atoms in total. The molecule has 1 atom stereocenters. The highest BCUT2D eigenvalue weighted by Gasteiger charge is 2.07. The standard InChI is InChI=1S/C17H22ClNO2/c1-2-6-14(13-19)7-4-3-5-12-21-17(20)15-8-10-16(18)11-9-15/h8-11,14H,2-7,12H2,1H3. The molecule has 0 aromatic heterocycles. The number of hydrogen-bond donors (Lipinski definition) is 0. The van der Waals surface area contributed by atoms with E-state index in [-0.39, 0.29) is 11.9 Å². The summed E-state index contributed by atoms with van der Waals surface area (Å²) in [5.41, 5.74) is 0.520. The lowest BCUT2D eigenvalue weighted by molar-refractivity contribution is 0.0497. The fourth-order valence-corrected chi connectivity index (χ4v) is 2.25. The molecule has 0 N–H and O–H groups in total. The number of rotatable bonds is 9. The first-order valence-corrected chi connectivity index (χ1v) is 7.87. The van der Waals surface area contributed by atoms with Crippen molar-refractivity contribution < 1.29 is 9.53 Å². The predicted molar refractivity (Wildman–Crippen MR) is 84.2 cm³/mol. The third kappa shape index (κ3) is 7.15. The summed E-state index contributed by atoms with van der Waals surface area (Å²) < 4.78 is 5.20. The van der Waals surface area contributed by atoms with Crippen LogP contribution in [-0.4, -0.2) is 12.6 Å². The minimum atomic E-state index is -0.312. The van der Waals surface area contributed by atoms with Crippen molar-refractivity contribution in [1.29, 1.82) is 5.26 Å². The van der Waals surface area contributed by atoms with Crippen LogP contribution in [0.15, 0.2) is 24.3 Å². The lowest BCUT2D eigenvalue weighted by Gasteiger charge is -2.07. The molecule has 0 aliphatic heterocycles. The van der Waals surface area contributed by atoms with Gasteiger partial charge in [0.15, 0.2) is 0 Å². The molecule has 1 unspecified atom stereocenters. The predicted octanol–water partition coefficient (Wildman–Crippen LogP) is 5.00. The van der Waals surface area contributed by atoms with Gasteiger partial charge in [0.25, 0.3) is 0 Å². The first-order chi connectivity index (χ1) is 10.2. The van der Waals surface area contributed by atoms with Gasteiger partial charge in [-0.05, 0) is 43.5 Å². The van der Waals surface area contributed by atoms with Crippen molar-refractivity contribution in [2.24, 2.45) is 5.92 Å². The molecule has 0 fully saturated rings. The zero-order chi connectivity index (χ0) is 15.5. The van der Waals surface area contributed by atoms with Crippen LogP contribution in [0.5, 0.6) is 0 Å². The summed E-state index contributed by atoms with van der Waals surface area (Å²) in [6.45, 7) is 2.52. The third-order valence-corrected chi connectivity index (χ3v) is 3.58. The van der Waals surface area contributed by atoms with Gasteiger partial charge in [0.05, 0.1) is 18.2 Å². The van der Waals surface area contributed by atoms with Gasteiger partial charge in [0.1, 0.15) is 0 Å². The maximum absolute atomic E-state index is 11.7. The van der Waals surface area contributed by atoms with E-state index in [2.05, 4.69) is 13.0 Å². The maximum atomic E-state index is 11.7. The summed E-state index contributed by atoms with van der Waals surface area (Å²) in [4.78, 5) is 11.7. The number of hydrogen-bond acceptors (Lipinski definition) is 3. The zero-order valence-corrected chi connectivity index (χ0v) is 13.2. The van der Waals surface area contributed by atoms with E-state index in [1.54, 1.807) is 24.3 Å². The Morgan fingerprint density at radius 1 is 1.24 bits per heavy atom. The first-order valence-electron chi connectivity index (χ1n) is 7.49. The number of nitriles is 1. The number of benzene rings is 1. The van der Waals surface area contributed by atoms with Crippen LogP contribution in [0.3, 0.4) is 0 Å². The summed E-state index contributed by atoms with van der Waals surface area (Å²) in [6.07, 6.45) is 5.80. The van der Waals surface area contributed by atoms with E-state index < -0.39 is 0 Å². The van der Waals surface area contributed by atoms with Crippen LogP contribution in [0.2, 0.25) is 5.02 Å². The lowest BCUT2D eigenvalue weighted by atomic mass is 9.98. The lowest BCUT2D eigenvalue weighted by Crippen LogP contribution is -2.06. The molecule has 0 aliphatic carbocycles. The van der Waals surface area contributed by atoms with Gasteiger partial charge in [-0.3, -0.25) is 0 Å². The Balaban J connectivity index is 2.13. The fraction of sp³-hybridized carbons (Fsp3) is 0.529. The van der Waals surface area contributed by atoms with Gasteiger partial charge in [0, 0.05) is 10.9 Å². The third-order valence-electron chi connectivity index (χ3n) is 3.33. The second kappa shape index (κ2) is 10.2. The summed E-state index contributed by atoms with van der Waals surface area (Å²) in [5.74, 6) is -0.140. The maximum Gasteiger partial charge on any atom is 0.338 e. The summed E-state index contributed by atoms with van der Waals surface area (Å²) >= 11 is 5.76. The molecular formula is C17H22ClNO2. The monoisotopic (exact) mass is 307 g/mol. The molecule has 0 saturated carbocycles. The van der Waals surface area contributed by atoms with Gasteiger partial charge in [-0.1, -0.05) is 37.8 Å². The Morgan fingerprint density at radius 2 is 1.95 bits per heavy atom. The van der Waals surface area contributed by atoms with Gasteiger partial charge in [-0.2, -0.15) is 5.26 Å². The molecule has 0 heterocycles. The van der Waals surface area contributed by atoms with Gasteiger partial charge < -0.3 is 4.74 Å². The molecule has 4 heteroatoms. The Hall–Kier alpha value is -1.53. The smallest absolute Gasteiger partial charge is 0.338 e. The minimum Gasteiger partial charge on any atom is -0.462 e. The van der Waals surface area contributed by atoms with Crippen molar-refractivity contribution in [3.63, 3.8) is 0 Å². The average Bonchev–Trinajstić information content (AvgIpc) is 2.50. The van der Waals surface area contributed by atoms with Crippen LogP contribution < -0.4 is 0 Å². The van der Waals surface area contributed by atoms with Crippen LogP contribution in [0.25, 0.3) is 0 Å². The van der Waals surface area contributed by atoms with Crippen molar-refractivity contribution >= 4 is 17.6 Å². The average molecular weight is 308 g/mol. The normalized spacial score (nSPS) is 11.7. The van der Waals surface area contributed by atoms with E-state index in [1.807, 2.05) is 0 Å². The second-order valence-electron chi connectivity index (χ2n) is 5.11. The molecule has 0 aliphatic rings. The minimum absolute atomic E-state index is 0.173. The van der Waals surface area contributed by atoms with Crippen LogP contribution in [0, 0.1) is 17.2 Å². The Morgan fingerprint density at radius 3 is 2.57 bits per heavy atom. The number of unbranched alkanes of at least 4 members (excludes halogenated alkanes) is 2. The molecule has 1 aromatic carbocycles. The van der Waals surface area contributed by atoms with Gasteiger partial charge in [-0.15, -0.1) is 0 Å². The molecule has 21 heavy (non-hydrogen) atoms. The molecule has 0 amide bonds. The van der Waals surface area contributed by atoms with Crippen LogP contribution in [0.4, 0.5) is 0 Å². The van der Waals surface area contributed by atoms with E-state index in [4.69, 9.17) is 21.6 Å². The van der Waals surface area contributed by atoms with Crippen molar-refractivity contribution in [3.8, 4) is 6.07 Å². The van der Waals surface area contributed by atoms with E-state index in [1.165, 1.54) is 0 Å². The fourth-order valence-electron chi connectivity index (χ4n) is 2.13. The molecule has 114 valence electrons. The number of nitrogens with zero attached hydrogens (tertiary/aromatic N) is 1. The van der Waals surface area contributed by atoms with Gasteiger partial charge >= 0.3 is 5.97 Å². The summed E-state index contributed by atoms with van der Waals surface area (Å²) in [6, 6.07) is 9.01. The molecular weight excluding hydrogens is 286 g/mol. The Labute approximate surface area is 131 Å².